The van der Waals surface area contributed by atoms with Crippen molar-refractivity contribution in [2.75, 3.05) is 0 Å². The third-order valence-corrected chi connectivity index (χ3v) is 6.31. The maximum absolute atomic E-state index is 6.12. The number of nitrogens with one attached hydrogen (secondary N) is 1. The average molecular weight is 495 g/mol. The fraction of sp³-hybridized carbons (Fsp3) is 0.500. The third-order valence-electron chi connectivity index (χ3n) is 6.15. The van der Waals surface area contributed by atoms with Crippen LogP contribution in [0.2, 0.25) is 5.28 Å². The average Bonchev–Trinajstić information content (AvgIpc) is 3.50. The van der Waals surface area contributed by atoms with Crippen molar-refractivity contribution in [2.24, 2.45) is 0 Å². The number of nitrogens with zero attached hydrogens (tertiary/aromatic N) is 7. The highest BCUT2D eigenvalue weighted by atomic mass is 35.5. The van der Waals surface area contributed by atoms with Crippen LogP contribution in [-0.2, 0) is 23.8 Å². The number of halogens is 1. The fourth-order valence-corrected chi connectivity index (χ4v) is 4.50. The van der Waals surface area contributed by atoms with Crippen molar-refractivity contribution in [3.63, 3.8) is 0 Å². The monoisotopic (exact) mass is 494 g/mol. The van der Waals surface area contributed by atoms with Gasteiger partial charge in [0.2, 0.25) is 5.28 Å². The lowest BCUT2D eigenvalue weighted by atomic mass is 9.85. The molecule has 0 spiro atoms. The number of hydrogen-bond acceptors (Lipinski definition) is 5. The Balaban J connectivity index is 1.78. The van der Waals surface area contributed by atoms with Crippen molar-refractivity contribution in [1.82, 2.24) is 40.0 Å². The van der Waals surface area contributed by atoms with Crippen LogP contribution >= 0.6 is 11.6 Å². The summed E-state index contributed by atoms with van der Waals surface area (Å²) in [6, 6.07) is 10.9. The lowest BCUT2D eigenvalue weighted by molar-refractivity contribution is 0.556. The van der Waals surface area contributed by atoms with E-state index in [1.807, 2.05) is 4.68 Å². The molecular formula is C26H35ClN8. The summed E-state index contributed by atoms with van der Waals surface area (Å²) in [5.41, 5.74) is 5.41. The minimum atomic E-state index is -0.0887. The maximum atomic E-state index is 6.12. The lowest BCUT2D eigenvalue weighted by Gasteiger charge is -2.23. The first-order chi connectivity index (χ1) is 16.5. The van der Waals surface area contributed by atoms with E-state index in [2.05, 4.69) is 114 Å². The van der Waals surface area contributed by atoms with E-state index in [9.17, 15) is 0 Å². The van der Waals surface area contributed by atoms with Crippen LogP contribution in [0, 0.1) is 0 Å². The second-order valence-electron chi connectivity index (χ2n) is 11.1. The van der Waals surface area contributed by atoms with Crippen LogP contribution in [0.1, 0.15) is 84.0 Å². The SMILES string of the molecule is CCCCc1nc(Cl)nn1Cc1ccc(-n2c(C(C)(C)C)cc(C(C)(C)C)c2-c2nnn[nH]2)cc1. The minimum absolute atomic E-state index is 0.0873. The van der Waals surface area contributed by atoms with Crippen LogP contribution in [0.15, 0.2) is 30.3 Å². The van der Waals surface area contributed by atoms with Crippen molar-refractivity contribution < 1.29 is 0 Å². The van der Waals surface area contributed by atoms with Gasteiger partial charge in [-0.1, -0.05) is 67.0 Å². The summed E-state index contributed by atoms with van der Waals surface area (Å²) < 4.78 is 4.19. The number of rotatable bonds is 7. The van der Waals surface area contributed by atoms with Gasteiger partial charge in [0.1, 0.15) is 5.82 Å². The zero-order valence-electron chi connectivity index (χ0n) is 21.7. The normalized spacial score (nSPS) is 12.5. The van der Waals surface area contributed by atoms with Crippen molar-refractivity contribution in [3.05, 3.63) is 58.3 Å². The molecule has 4 aromatic rings. The van der Waals surface area contributed by atoms with Gasteiger partial charge < -0.3 is 4.57 Å². The topological polar surface area (TPSA) is 90.1 Å². The van der Waals surface area contributed by atoms with Gasteiger partial charge in [-0.3, -0.25) is 0 Å². The van der Waals surface area contributed by atoms with Gasteiger partial charge in [-0.05, 0) is 63.2 Å². The van der Waals surface area contributed by atoms with Crippen molar-refractivity contribution >= 4 is 11.6 Å². The summed E-state index contributed by atoms with van der Waals surface area (Å²) in [6.07, 6.45) is 3.04. The predicted octanol–water partition coefficient (Wildman–Crippen LogP) is 5.89. The lowest BCUT2D eigenvalue weighted by Crippen LogP contribution is -2.17. The number of aromatic amines is 1. The second-order valence-corrected chi connectivity index (χ2v) is 11.4. The van der Waals surface area contributed by atoms with E-state index in [-0.39, 0.29) is 10.8 Å². The summed E-state index contributed by atoms with van der Waals surface area (Å²) in [5, 5.41) is 19.7. The summed E-state index contributed by atoms with van der Waals surface area (Å²) in [7, 11) is 0. The molecule has 0 fully saturated rings. The molecule has 4 rings (SSSR count). The Kier molecular flexibility index (Phi) is 6.86. The number of tetrazole rings is 1. The zero-order valence-corrected chi connectivity index (χ0v) is 22.5. The molecule has 0 saturated carbocycles. The molecule has 3 aromatic heterocycles. The number of aromatic nitrogens is 8. The van der Waals surface area contributed by atoms with E-state index < -0.39 is 0 Å². The number of unbranched alkanes of at least 4 members (excludes halogenated alkanes) is 1. The van der Waals surface area contributed by atoms with E-state index in [1.165, 1.54) is 11.3 Å². The maximum Gasteiger partial charge on any atom is 0.242 e. The van der Waals surface area contributed by atoms with E-state index in [1.54, 1.807) is 0 Å². The molecule has 0 aliphatic carbocycles. The first-order valence-corrected chi connectivity index (χ1v) is 12.6. The van der Waals surface area contributed by atoms with Crippen molar-refractivity contribution in [3.8, 4) is 17.2 Å². The smallest absolute Gasteiger partial charge is 0.242 e. The van der Waals surface area contributed by atoms with Gasteiger partial charge in [0, 0.05) is 23.2 Å². The Hall–Kier alpha value is -3.00. The molecule has 0 radical (unpaired) electrons. The van der Waals surface area contributed by atoms with Crippen LogP contribution in [0.4, 0.5) is 0 Å². The van der Waals surface area contributed by atoms with Crippen LogP contribution in [-0.4, -0.2) is 40.0 Å². The predicted molar refractivity (Wildman–Crippen MR) is 139 cm³/mol. The molecule has 0 aliphatic rings. The standard InChI is InChI=1S/C26H35ClN8/c1-8-9-10-21-28-24(27)31-34(21)16-17-11-13-18(14-12-17)35-20(26(5,6)7)15-19(25(2,3)4)22(35)23-29-32-33-30-23/h11-15H,8-10,16H2,1-7H3,(H,29,30,32,33). The van der Waals surface area contributed by atoms with Gasteiger partial charge in [0.15, 0.2) is 5.82 Å². The van der Waals surface area contributed by atoms with Crippen LogP contribution in [0.25, 0.3) is 17.2 Å². The van der Waals surface area contributed by atoms with Crippen molar-refractivity contribution in [1.29, 1.82) is 0 Å². The summed E-state index contributed by atoms with van der Waals surface area (Å²) in [5.74, 6) is 1.59. The van der Waals surface area contributed by atoms with Gasteiger partial charge in [-0.15, -0.1) is 10.2 Å². The number of benzene rings is 1. The quantitative estimate of drug-likeness (QED) is 0.346. The molecule has 186 valence electrons. The third kappa shape index (κ3) is 5.32. The Labute approximate surface area is 212 Å². The van der Waals surface area contributed by atoms with Crippen LogP contribution < -0.4 is 0 Å². The highest BCUT2D eigenvalue weighted by Crippen LogP contribution is 2.40. The summed E-state index contributed by atoms with van der Waals surface area (Å²) in [6.45, 7) is 16.1. The molecule has 3 heterocycles. The first kappa shape index (κ1) is 25.1. The Morgan fingerprint density at radius 2 is 1.71 bits per heavy atom. The highest BCUT2D eigenvalue weighted by molar-refractivity contribution is 6.28. The summed E-state index contributed by atoms with van der Waals surface area (Å²) >= 11 is 6.12. The van der Waals surface area contributed by atoms with E-state index in [0.717, 1.165) is 42.0 Å². The molecule has 35 heavy (non-hydrogen) atoms. The largest absolute Gasteiger partial charge is 0.310 e. The van der Waals surface area contributed by atoms with Gasteiger partial charge >= 0.3 is 0 Å². The summed E-state index contributed by atoms with van der Waals surface area (Å²) in [4.78, 5) is 4.40. The number of H-pyrrole nitrogens is 1. The van der Waals surface area contributed by atoms with E-state index in [4.69, 9.17) is 11.6 Å². The van der Waals surface area contributed by atoms with Gasteiger partial charge in [0.25, 0.3) is 0 Å². The number of hydrogen-bond donors (Lipinski definition) is 1. The second kappa shape index (κ2) is 9.57. The van der Waals surface area contributed by atoms with Gasteiger partial charge in [-0.2, -0.15) is 0 Å². The molecule has 0 saturated heterocycles. The molecule has 1 N–H and O–H groups in total. The molecule has 0 aliphatic heterocycles. The Morgan fingerprint density at radius 3 is 2.29 bits per heavy atom. The van der Waals surface area contributed by atoms with Crippen LogP contribution in [0.3, 0.4) is 0 Å². The fourth-order valence-electron chi connectivity index (χ4n) is 4.31. The minimum Gasteiger partial charge on any atom is -0.310 e. The zero-order chi connectivity index (χ0) is 25.4. The van der Waals surface area contributed by atoms with E-state index in [0.29, 0.717) is 17.7 Å². The molecular weight excluding hydrogens is 460 g/mol. The van der Waals surface area contributed by atoms with Crippen LogP contribution in [0.5, 0.6) is 0 Å². The van der Waals surface area contributed by atoms with Gasteiger partial charge in [-0.25, -0.2) is 14.8 Å². The Morgan fingerprint density at radius 1 is 1.00 bits per heavy atom. The van der Waals surface area contributed by atoms with Crippen molar-refractivity contribution in [2.45, 2.75) is 85.1 Å². The molecule has 9 heteroatoms. The number of aryl methyl sites for hydroxylation is 1. The Bertz CT molecular complexity index is 1270. The first-order valence-electron chi connectivity index (χ1n) is 12.2. The molecule has 8 nitrogen and oxygen atoms in total. The molecule has 0 atom stereocenters. The molecule has 0 bridgehead atoms. The highest BCUT2D eigenvalue weighted by Gasteiger charge is 2.31. The molecule has 0 amide bonds. The van der Waals surface area contributed by atoms with Gasteiger partial charge in [0.05, 0.1) is 12.2 Å². The van der Waals surface area contributed by atoms with E-state index >= 15 is 0 Å². The molecule has 1 aromatic carbocycles. The molecule has 0 unspecified atom stereocenters.